The van der Waals surface area contributed by atoms with Gasteiger partial charge in [-0.3, -0.25) is 19.1 Å². The molecule has 1 aromatic carbocycles. The van der Waals surface area contributed by atoms with Crippen molar-refractivity contribution in [2.24, 2.45) is 0 Å². The van der Waals surface area contributed by atoms with Gasteiger partial charge >= 0.3 is 5.97 Å². The van der Waals surface area contributed by atoms with Crippen molar-refractivity contribution in [1.82, 2.24) is 9.99 Å². The standard InChI is InChI=1S/C21H27N3O5/c1-4-29-18(26)12-8-11-16(15-9-6-5-7-10-15)23-24-14-13-17(25)20(28-3)19(24)21(27)22-2/h5-7,9-10,13-14,16,23H,4,8,11-12H2,1-3H3,(H,22,27). The second-order valence-corrected chi connectivity index (χ2v) is 6.30. The summed E-state index contributed by atoms with van der Waals surface area (Å²) in [6, 6.07) is 10.8. The van der Waals surface area contributed by atoms with Crippen molar-refractivity contribution in [3.8, 4) is 5.75 Å². The number of pyridine rings is 1. The molecule has 0 radical (unpaired) electrons. The fourth-order valence-electron chi connectivity index (χ4n) is 3.00. The molecule has 2 aromatic rings. The van der Waals surface area contributed by atoms with Crippen molar-refractivity contribution in [3.63, 3.8) is 0 Å². The molecule has 2 rings (SSSR count). The fourth-order valence-corrected chi connectivity index (χ4v) is 3.00. The Bertz CT molecular complexity index is 880. The number of aromatic nitrogens is 1. The van der Waals surface area contributed by atoms with Crippen LogP contribution in [0.4, 0.5) is 0 Å². The largest absolute Gasteiger partial charge is 0.491 e. The van der Waals surface area contributed by atoms with E-state index in [0.717, 1.165) is 5.56 Å². The first kappa shape index (κ1) is 22.0. The Balaban J connectivity index is 2.32. The Morgan fingerprint density at radius 2 is 1.90 bits per heavy atom. The maximum atomic E-state index is 12.4. The number of amides is 1. The third kappa shape index (κ3) is 5.84. The first-order chi connectivity index (χ1) is 14.0. The summed E-state index contributed by atoms with van der Waals surface area (Å²) in [6.45, 7) is 2.13. The average molecular weight is 401 g/mol. The molecule has 0 fully saturated rings. The third-order valence-electron chi connectivity index (χ3n) is 4.38. The van der Waals surface area contributed by atoms with Crippen LogP contribution in [-0.4, -0.2) is 37.3 Å². The number of methoxy groups -OCH3 is 1. The monoisotopic (exact) mass is 401 g/mol. The average Bonchev–Trinajstić information content (AvgIpc) is 2.74. The van der Waals surface area contributed by atoms with E-state index in [9.17, 15) is 14.4 Å². The molecule has 1 unspecified atom stereocenters. The molecular formula is C21H27N3O5. The van der Waals surface area contributed by atoms with E-state index in [-0.39, 0.29) is 28.9 Å². The number of nitrogens with one attached hydrogen (secondary N) is 2. The number of hydrogen-bond donors (Lipinski definition) is 2. The van der Waals surface area contributed by atoms with Crippen LogP contribution in [0.25, 0.3) is 0 Å². The van der Waals surface area contributed by atoms with Gasteiger partial charge in [0, 0.05) is 25.7 Å². The number of hydrogen-bond acceptors (Lipinski definition) is 6. The summed E-state index contributed by atoms with van der Waals surface area (Å²) >= 11 is 0. The summed E-state index contributed by atoms with van der Waals surface area (Å²) in [5, 5.41) is 2.53. The Morgan fingerprint density at radius 3 is 2.52 bits per heavy atom. The van der Waals surface area contributed by atoms with Gasteiger partial charge in [-0.15, -0.1) is 0 Å². The molecule has 0 aliphatic rings. The van der Waals surface area contributed by atoms with Crippen LogP contribution in [0.2, 0.25) is 0 Å². The molecule has 0 saturated carbocycles. The Morgan fingerprint density at radius 1 is 1.17 bits per heavy atom. The second kappa shape index (κ2) is 10.9. The normalized spacial score (nSPS) is 11.4. The van der Waals surface area contributed by atoms with Gasteiger partial charge in [-0.1, -0.05) is 30.3 Å². The topological polar surface area (TPSA) is 98.7 Å². The predicted molar refractivity (Wildman–Crippen MR) is 110 cm³/mol. The molecule has 1 heterocycles. The number of benzene rings is 1. The number of carbonyl (C=O) groups is 2. The Kier molecular flexibility index (Phi) is 8.27. The van der Waals surface area contributed by atoms with Gasteiger partial charge in [0.05, 0.1) is 19.8 Å². The van der Waals surface area contributed by atoms with Crippen LogP contribution in [0.5, 0.6) is 5.75 Å². The van der Waals surface area contributed by atoms with Crippen LogP contribution in [0.3, 0.4) is 0 Å². The predicted octanol–water partition coefficient (Wildman–Crippen LogP) is 2.23. The molecule has 0 saturated heterocycles. The summed E-state index contributed by atoms with van der Waals surface area (Å²) in [5.41, 5.74) is 3.95. The molecule has 2 N–H and O–H groups in total. The second-order valence-electron chi connectivity index (χ2n) is 6.30. The van der Waals surface area contributed by atoms with Crippen molar-refractivity contribution in [2.45, 2.75) is 32.2 Å². The van der Waals surface area contributed by atoms with Gasteiger partial charge in [-0.2, -0.15) is 0 Å². The van der Waals surface area contributed by atoms with Gasteiger partial charge in [0.15, 0.2) is 11.4 Å². The van der Waals surface area contributed by atoms with Crippen LogP contribution in [-0.2, 0) is 9.53 Å². The van der Waals surface area contributed by atoms with Crippen molar-refractivity contribution in [2.75, 3.05) is 26.2 Å². The lowest BCUT2D eigenvalue weighted by Crippen LogP contribution is -2.32. The maximum absolute atomic E-state index is 12.4. The van der Waals surface area contributed by atoms with Crippen molar-refractivity contribution >= 4 is 11.9 Å². The molecule has 0 aliphatic carbocycles. The quantitative estimate of drug-likeness (QED) is 0.593. The van der Waals surface area contributed by atoms with Gasteiger partial charge in [-0.25, -0.2) is 0 Å². The van der Waals surface area contributed by atoms with Crippen LogP contribution in [0, 0.1) is 0 Å². The molecule has 29 heavy (non-hydrogen) atoms. The number of rotatable bonds is 10. The summed E-state index contributed by atoms with van der Waals surface area (Å²) in [5.74, 6) is -0.738. The minimum absolute atomic E-state index is 0.0438. The molecule has 1 atom stereocenters. The SMILES string of the molecule is CCOC(=O)CCCC(Nn1ccc(=O)c(OC)c1C(=O)NC)c1ccccc1. The minimum atomic E-state index is -0.453. The molecule has 8 heteroatoms. The van der Waals surface area contributed by atoms with E-state index < -0.39 is 5.91 Å². The van der Waals surface area contributed by atoms with Crippen molar-refractivity contribution < 1.29 is 19.1 Å². The van der Waals surface area contributed by atoms with Crippen LogP contribution >= 0.6 is 0 Å². The lowest BCUT2D eigenvalue weighted by molar-refractivity contribution is -0.143. The highest BCUT2D eigenvalue weighted by Gasteiger charge is 2.21. The highest BCUT2D eigenvalue weighted by Crippen LogP contribution is 2.22. The zero-order chi connectivity index (χ0) is 21.2. The van der Waals surface area contributed by atoms with Gasteiger partial charge < -0.3 is 20.2 Å². The van der Waals surface area contributed by atoms with Gasteiger partial charge in [-0.05, 0) is 25.3 Å². The maximum Gasteiger partial charge on any atom is 0.305 e. The van der Waals surface area contributed by atoms with Crippen molar-refractivity contribution in [3.05, 3.63) is 64.1 Å². The lowest BCUT2D eigenvalue weighted by Gasteiger charge is -2.24. The summed E-state index contributed by atoms with van der Waals surface area (Å²) in [7, 11) is 2.83. The molecule has 1 aromatic heterocycles. The summed E-state index contributed by atoms with van der Waals surface area (Å²) in [4.78, 5) is 36.2. The van der Waals surface area contributed by atoms with Crippen LogP contribution in [0.1, 0.15) is 48.3 Å². The van der Waals surface area contributed by atoms with Crippen molar-refractivity contribution in [1.29, 1.82) is 0 Å². The first-order valence-corrected chi connectivity index (χ1v) is 9.50. The molecule has 0 aliphatic heterocycles. The highest BCUT2D eigenvalue weighted by molar-refractivity contribution is 5.95. The Labute approximate surface area is 169 Å². The lowest BCUT2D eigenvalue weighted by atomic mass is 10.0. The zero-order valence-electron chi connectivity index (χ0n) is 16.9. The van der Waals surface area contributed by atoms with E-state index in [4.69, 9.17) is 9.47 Å². The molecule has 156 valence electrons. The number of esters is 1. The van der Waals surface area contributed by atoms with Gasteiger partial charge in [0.2, 0.25) is 5.43 Å². The van der Waals surface area contributed by atoms with E-state index in [2.05, 4.69) is 10.7 Å². The van der Waals surface area contributed by atoms with E-state index >= 15 is 0 Å². The van der Waals surface area contributed by atoms with Gasteiger partial charge in [0.1, 0.15) is 0 Å². The third-order valence-corrected chi connectivity index (χ3v) is 4.38. The van der Waals surface area contributed by atoms with E-state index in [0.29, 0.717) is 25.9 Å². The van der Waals surface area contributed by atoms with Crippen LogP contribution in [0.15, 0.2) is 47.4 Å². The summed E-state index contributed by atoms with van der Waals surface area (Å²) < 4.78 is 11.6. The minimum Gasteiger partial charge on any atom is -0.491 e. The van der Waals surface area contributed by atoms with Gasteiger partial charge in [0.25, 0.3) is 5.91 Å². The molecule has 8 nitrogen and oxygen atoms in total. The number of ether oxygens (including phenoxy) is 2. The molecule has 0 bridgehead atoms. The number of carbonyl (C=O) groups excluding carboxylic acids is 2. The van der Waals surface area contributed by atoms with E-state index in [1.54, 1.807) is 6.92 Å². The number of nitrogens with zero attached hydrogens (tertiary/aromatic N) is 1. The molecule has 1 amide bonds. The smallest absolute Gasteiger partial charge is 0.305 e. The fraction of sp³-hybridized carbons (Fsp3) is 0.381. The van der Waals surface area contributed by atoms with E-state index in [1.165, 1.54) is 31.1 Å². The molecular weight excluding hydrogens is 374 g/mol. The van der Waals surface area contributed by atoms with E-state index in [1.807, 2.05) is 30.3 Å². The Hall–Kier alpha value is -3.29. The summed E-state index contributed by atoms with van der Waals surface area (Å²) in [6.07, 6.45) is 3.01. The van der Waals surface area contributed by atoms with Crippen LogP contribution < -0.4 is 20.9 Å². The first-order valence-electron chi connectivity index (χ1n) is 9.50. The molecule has 0 spiro atoms. The highest BCUT2D eigenvalue weighted by atomic mass is 16.5. The zero-order valence-corrected chi connectivity index (χ0v) is 16.9.